The first-order chi connectivity index (χ1) is 18.0. The van der Waals surface area contributed by atoms with Crippen LogP contribution in [0.4, 0.5) is 10.2 Å². The van der Waals surface area contributed by atoms with Crippen molar-refractivity contribution < 1.29 is 14.0 Å². The van der Waals surface area contributed by atoms with Crippen LogP contribution in [0.1, 0.15) is 48.4 Å². The van der Waals surface area contributed by atoms with Crippen LogP contribution in [0.15, 0.2) is 48.5 Å². The fraction of sp³-hybridized carbons (Fsp3) is 0.414. The molecule has 0 saturated heterocycles. The number of aromatic nitrogens is 2. The van der Waals surface area contributed by atoms with Gasteiger partial charge in [0.25, 0.3) is 0 Å². The zero-order chi connectivity index (χ0) is 27.6. The molecule has 0 saturated carbocycles. The standard InChI is InChI=1S/C29H36FN5O2S/c1-19-10-7-8-13-22(19)35-28-25(27(32-35)29(2,3)4)26(20-11-9-12-21(30)16-20)38-18-24(37)34(28)17-23(36)31-14-15-33(5)6/h7-13,16,26H,14-15,17-18H2,1-6H3,(H,31,36). The Labute approximate surface area is 228 Å². The zero-order valence-corrected chi connectivity index (χ0v) is 23.7. The maximum atomic E-state index is 14.4. The van der Waals surface area contributed by atoms with Crippen LogP contribution in [-0.2, 0) is 15.0 Å². The van der Waals surface area contributed by atoms with Gasteiger partial charge in [0.05, 0.1) is 22.4 Å². The summed E-state index contributed by atoms with van der Waals surface area (Å²) in [5, 5.41) is 7.68. The topological polar surface area (TPSA) is 70.5 Å². The summed E-state index contributed by atoms with van der Waals surface area (Å²) in [6.07, 6.45) is 0. The Hall–Kier alpha value is -3.17. The summed E-state index contributed by atoms with van der Waals surface area (Å²) in [6.45, 7) is 9.28. The van der Waals surface area contributed by atoms with Crippen LogP contribution < -0.4 is 10.2 Å². The lowest BCUT2D eigenvalue weighted by atomic mass is 9.87. The highest BCUT2D eigenvalue weighted by Crippen LogP contribution is 2.48. The Balaban J connectivity index is 1.94. The molecule has 0 bridgehead atoms. The normalized spacial score (nSPS) is 15.9. The highest BCUT2D eigenvalue weighted by atomic mass is 32.2. The molecule has 0 spiro atoms. The van der Waals surface area contributed by atoms with Gasteiger partial charge < -0.3 is 10.2 Å². The molecule has 1 aromatic heterocycles. The minimum absolute atomic E-state index is 0.128. The molecule has 2 heterocycles. The number of fused-ring (bicyclic) bond motifs is 1. The van der Waals surface area contributed by atoms with Crippen molar-refractivity contribution in [2.24, 2.45) is 0 Å². The average molecular weight is 538 g/mol. The minimum atomic E-state index is -0.378. The molecule has 38 heavy (non-hydrogen) atoms. The summed E-state index contributed by atoms with van der Waals surface area (Å²) in [5.74, 6) is -0.0430. The first-order valence-electron chi connectivity index (χ1n) is 12.8. The van der Waals surface area contributed by atoms with E-state index in [1.807, 2.05) is 56.3 Å². The zero-order valence-electron chi connectivity index (χ0n) is 22.9. The van der Waals surface area contributed by atoms with Crippen LogP contribution in [0.2, 0.25) is 0 Å². The molecule has 202 valence electrons. The van der Waals surface area contributed by atoms with Crippen LogP contribution in [-0.4, -0.2) is 66.0 Å². The molecule has 1 aliphatic rings. The van der Waals surface area contributed by atoms with Crippen molar-refractivity contribution >= 4 is 29.4 Å². The number of amides is 2. The maximum absolute atomic E-state index is 14.4. The van der Waals surface area contributed by atoms with Gasteiger partial charge in [-0.1, -0.05) is 51.1 Å². The number of hydrogen-bond donors (Lipinski definition) is 1. The fourth-order valence-electron chi connectivity index (χ4n) is 4.59. The van der Waals surface area contributed by atoms with Gasteiger partial charge in [-0.3, -0.25) is 14.5 Å². The Morgan fingerprint density at radius 2 is 1.92 bits per heavy atom. The number of likely N-dealkylation sites (N-methyl/N-ethyl adjacent to an activating group) is 1. The third-order valence-electron chi connectivity index (χ3n) is 6.48. The van der Waals surface area contributed by atoms with Gasteiger partial charge in [-0.05, 0) is 50.3 Å². The number of carbonyl (C=O) groups excluding carboxylic acids is 2. The van der Waals surface area contributed by atoms with E-state index < -0.39 is 0 Å². The highest BCUT2D eigenvalue weighted by molar-refractivity contribution is 8.00. The molecule has 0 fully saturated rings. The lowest BCUT2D eigenvalue weighted by Crippen LogP contribution is -2.43. The summed E-state index contributed by atoms with van der Waals surface area (Å²) in [6, 6.07) is 14.4. The number of aryl methyl sites for hydroxylation is 1. The molecule has 3 aromatic rings. The molecule has 0 aliphatic carbocycles. The van der Waals surface area contributed by atoms with E-state index in [1.165, 1.54) is 23.9 Å². The highest BCUT2D eigenvalue weighted by Gasteiger charge is 2.40. The molecule has 2 amide bonds. The molecular formula is C29H36FN5O2S. The largest absolute Gasteiger partial charge is 0.353 e. The van der Waals surface area contributed by atoms with Crippen LogP contribution in [0.5, 0.6) is 0 Å². The predicted octanol–water partition coefficient (Wildman–Crippen LogP) is 4.46. The first-order valence-corrected chi connectivity index (χ1v) is 13.8. The summed E-state index contributed by atoms with van der Waals surface area (Å²) in [4.78, 5) is 30.3. The Morgan fingerprint density at radius 3 is 2.58 bits per heavy atom. The Bertz CT molecular complexity index is 1330. The second-order valence-corrected chi connectivity index (χ2v) is 12.0. The average Bonchev–Trinajstić information content (AvgIpc) is 3.17. The molecule has 1 aliphatic heterocycles. The van der Waals surface area contributed by atoms with E-state index in [9.17, 15) is 14.0 Å². The number of nitrogens with zero attached hydrogens (tertiary/aromatic N) is 4. The van der Waals surface area contributed by atoms with E-state index in [1.54, 1.807) is 15.6 Å². The number of rotatable bonds is 7. The molecule has 4 rings (SSSR count). The van der Waals surface area contributed by atoms with Gasteiger partial charge in [0.2, 0.25) is 11.8 Å². The molecule has 2 aromatic carbocycles. The summed E-state index contributed by atoms with van der Waals surface area (Å²) < 4.78 is 16.2. The minimum Gasteiger partial charge on any atom is -0.353 e. The number of halogens is 1. The van der Waals surface area contributed by atoms with Gasteiger partial charge >= 0.3 is 0 Å². The number of thioether (sulfide) groups is 1. The smallest absolute Gasteiger partial charge is 0.240 e. The molecule has 0 radical (unpaired) electrons. The molecular weight excluding hydrogens is 501 g/mol. The SMILES string of the molecule is Cc1ccccc1-n1nc(C(C)(C)C)c2c1N(CC(=O)NCCN(C)C)C(=O)CSC2c1cccc(F)c1. The van der Waals surface area contributed by atoms with Gasteiger partial charge in [-0.15, -0.1) is 11.8 Å². The van der Waals surface area contributed by atoms with Crippen molar-refractivity contribution in [1.29, 1.82) is 0 Å². The number of para-hydroxylation sites is 1. The van der Waals surface area contributed by atoms with Gasteiger partial charge in [-0.2, -0.15) is 5.10 Å². The van der Waals surface area contributed by atoms with E-state index in [0.717, 1.165) is 28.1 Å². The van der Waals surface area contributed by atoms with E-state index in [2.05, 4.69) is 26.1 Å². The van der Waals surface area contributed by atoms with Crippen molar-refractivity contribution in [3.05, 3.63) is 76.7 Å². The van der Waals surface area contributed by atoms with Gasteiger partial charge in [-0.25, -0.2) is 9.07 Å². The quantitative estimate of drug-likeness (QED) is 0.482. The van der Waals surface area contributed by atoms with Crippen LogP contribution >= 0.6 is 11.8 Å². The van der Waals surface area contributed by atoms with E-state index in [4.69, 9.17) is 5.10 Å². The van der Waals surface area contributed by atoms with Crippen molar-refractivity contribution in [2.45, 2.75) is 38.4 Å². The van der Waals surface area contributed by atoms with Crippen molar-refractivity contribution in [1.82, 2.24) is 20.0 Å². The molecule has 9 heteroatoms. The number of carbonyl (C=O) groups is 2. The lowest BCUT2D eigenvalue weighted by Gasteiger charge is -2.25. The summed E-state index contributed by atoms with van der Waals surface area (Å²) >= 11 is 1.44. The van der Waals surface area contributed by atoms with Gasteiger partial charge in [0, 0.05) is 24.1 Å². The van der Waals surface area contributed by atoms with Crippen molar-refractivity contribution in [3.8, 4) is 5.69 Å². The third-order valence-corrected chi connectivity index (χ3v) is 7.73. The van der Waals surface area contributed by atoms with E-state index in [-0.39, 0.29) is 40.6 Å². The Kier molecular flexibility index (Phi) is 8.28. The Morgan fingerprint density at radius 1 is 1.18 bits per heavy atom. The van der Waals surface area contributed by atoms with Crippen molar-refractivity contribution in [3.63, 3.8) is 0 Å². The van der Waals surface area contributed by atoms with Crippen molar-refractivity contribution in [2.75, 3.05) is 44.4 Å². The second-order valence-electron chi connectivity index (χ2n) is 10.9. The summed E-state index contributed by atoms with van der Waals surface area (Å²) in [7, 11) is 3.88. The maximum Gasteiger partial charge on any atom is 0.240 e. The molecule has 1 atom stereocenters. The fourth-order valence-corrected chi connectivity index (χ4v) is 5.78. The monoisotopic (exact) mass is 537 g/mol. The summed E-state index contributed by atoms with van der Waals surface area (Å²) in [5.41, 5.74) is 3.84. The number of benzene rings is 2. The van der Waals surface area contributed by atoms with Gasteiger partial charge in [0.1, 0.15) is 18.2 Å². The first kappa shape index (κ1) is 27.9. The number of hydrogen-bond acceptors (Lipinski definition) is 5. The van der Waals surface area contributed by atoms with E-state index in [0.29, 0.717) is 18.9 Å². The molecule has 1 unspecified atom stereocenters. The second kappa shape index (κ2) is 11.3. The van der Waals surface area contributed by atoms with Crippen LogP contribution in [0.25, 0.3) is 5.69 Å². The predicted molar refractivity (Wildman–Crippen MR) is 152 cm³/mol. The molecule has 7 nitrogen and oxygen atoms in total. The van der Waals surface area contributed by atoms with Crippen LogP contribution in [0, 0.1) is 12.7 Å². The lowest BCUT2D eigenvalue weighted by molar-refractivity contribution is -0.122. The van der Waals surface area contributed by atoms with Gasteiger partial charge in [0.15, 0.2) is 0 Å². The number of anilines is 1. The molecule has 1 N–H and O–H groups in total. The van der Waals surface area contributed by atoms with E-state index >= 15 is 0 Å². The number of nitrogens with one attached hydrogen (secondary N) is 1. The van der Waals surface area contributed by atoms with Crippen LogP contribution in [0.3, 0.4) is 0 Å². The third kappa shape index (κ3) is 5.94.